The monoisotopic (exact) mass is 1750 g/mol. The number of fused-ring (bicyclic) bond motifs is 25. The second kappa shape index (κ2) is 33.0. The minimum atomic E-state index is 0.946. The lowest BCUT2D eigenvalue weighted by Crippen LogP contribution is -1.96. The highest BCUT2D eigenvalue weighted by atomic mass is 15.0. The van der Waals surface area contributed by atoms with Gasteiger partial charge < -0.3 is 32.0 Å². The average molecular weight is 1750 g/mol. The SMILES string of the molecule is CCn1c2ccccc2c2cc(/C=C/c3cc(/C=C/c4ccc5c(c4)c4ccccc4n5CC)cc(/C=C/c4ccc5c(c4)c4ccccc4n5CC)c3)ccc21.c1ccc2c(-n3c4ccccc4c4cc5c(cc43)c3ccccc3n5-c3cccc4ccccc34)cccc2c1.c1ccc2c(-n3c4ccccc4c4cc5c(cc43)c3ccccc3n5-c3cccc4ccccc34)cccc2c1. The number of hydrogen-bond donors (Lipinski definition) is 0. The van der Waals surface area contributed by atoms with E-state index < -0.39 is 0 Å². The number of benzene rings is 21. The van der Waals surface area contributed by atoms with Crippen molar-refractivity contribution in [1.82, 2.24) is 32.0 Å². The highest BCUT2D eigenvalue weighted by molar-refractivity contribution is 6.23. The molecule has 0 N–H and O–H groups in total. The van der Waals surface area contributed by atoms with Crippen LogP contribution in [0.5, 0.6) is 0 Å². The lowest BCUT2D eigenvalue weighted by atomic mass is 10.0. The molecule has 21 aromatic carbocycles. The summed E-state index contributed by atoms with van der Waals surface area (Å²) < 4.78 is 17.0. The molecule has 0 radical (unpaired) electrons. The molecule has 28 aromatic rings. The van der Waals surface area contributed by atoms with E-state index in [0.29, 0.717) is 0 Å². The van der Waals surface area contributed by atoms with Crippen LogP contribution in [0.15, 0.2) is 437 Å². The quantitative estimate of drug-likeness (QED) is 0.103. The Kier molecular flexibility index (Phi) is 19.4. The van der Waals surface area contributed by atoms with Gasteiger partial charge in [0.25, 0.3) is 0 Å². The van der Waals surface area contributed by atoms with Crippen molar-refractivity contribution in [3.05, 3.63) is 470 Å². The summed E-state index contributed by atoms with van der Waals surface area (Å²) in [6.07, 6.45) is 13.5. The van der Waals surface area contributed by atoms with Crippen molar-refractivity contribution < 1.29 is 0 Å². The third-order valence-electron chi connectivity index (χ3n) is 28.7. The first-order chi connectivity index (χ1) is 67.8. The van der Waals surface area contributed by atoms with Crippen LogP contribution in [0.3, 0.4) is 0 Å². The van der Waals surface area contributed by atoms with Gasteiger partial charge in [0.1, 0.15) is 0 Å². The van der Waals surface area contributed by atoms with Gasteiger partial charge in [-0.15, -0.1) is 0 Å². The third kappa shape index (κ3) is 13.3. The molecule has 0 aliphatic carbocycles. The van der Waals surface area contributed by atoms with Crippen molar-refractivity contribution in [3.8, 4) is 22.7 Å². The van der Waals surface area contributed by atoms with E-state index in [1.54, 1.807) is 0 Å². The fraction of sp³-hybridized carbons (Fsp3) is 0.0462. The fourth-order valence-electron chi connectivity index (χ4n) is 22.6. The van der Waals surface area contributed by atoms with Crippen LogP contribution in [0.1, 0.15) is 54.2 Å². The molecule has 28 rings (SSSR count). The molecule has 0 atom stereocenters. The normalized spacial score (nSPS) is 12.2. The van der Waals surface area contributed by atoms with Crippen LogP contribution in [0.2, 0.25) is 0 Å². The van der Waals surface area contributed by atoms with Gasteiger partial charge in [-0.3, -0.25) is 0 Å². The van der Waals surface area contributed by atoms with Crippen LogP contribution in [0.4, 0.5) is 0 Å². The highest BCUT2D eigenvalue weighted by Crippen LogP contribution is 2.46. The predicted octanol–water partition coefficient (Wildman–Crippen LogP) is 35.0. The van der Waals surface area contributed by atoms with E-state index in [4.69, 9.17) is 0 Å². The van der Waals surface area contributed by atoms with Crippen LogP contribution in [-0.4, -0.2) is 32.0 Å². The van der Waals surface area contributed by atoms with E-state index in [0.717, 1.165) is 36.3 Å². The number of aromatic nitrogens is 7. The summed E-state index contributed by atoms with van der Waals surface area (Å²) in [5.74, 6) is 0. The zero-order valence-electron chi connectivity index (χ0n) is 76.3. The van der Waals surface area contributed by atoms with Gasteiger partial charge in [-0.25, -0.2) is 0 Å². The molecule has 7 heterocycles. The Balaban J connectivity index is 0.000000109. The van der Waals surface area contributed by atoms with E-state index >= 15 is 0 Å². The molecule has 0 aliphatic rings. The van der Waals surface area contributed by atoms with Crippen molar-refractivity contribution in [3.63, 3.8) is 0 Å². The Morgan fingerprint density at radius 3 is 0.562 bits per heavy atom. The average Bonchev–Trinajstić information content (AvgIpc) is 1.55. The molecule has 7 aromatic heterocycles. The standard InChI is InChI=1S/C54H45N3.2C38H24N2/c1-4-55-49-16-10-7-13-43(49)46-34-37(25-28-52(46)55)19-22-40-31-41(23-20-38-26-29-53-47(35-38)44-14-8-11-17-50(44)56(53)5-2)33-42(32-40)24-21-39-27-30-54-48(36-39)45-15-9-12-18-51(45)57(54)6-3;2*1-3-15-27-25(11-1)13-9-21-33(27)39-35-19-7-5-17-29(35)31-24-38-32(23-37(31)39)30-18-6-8-20-36(30)40(38)34-22-10-14-26-12-2-4-16-28(26)34/h7-36H,4-6H2,1-3H3;2*1-24H/b22-19+,23-20+,24-21+;;. The maximum Gasteiger partial charge on any atom is 0.0549 e. The number of aryl methyl sites for hydroxylation is 3. The highest BCUT2D eigenvalue weighted by Gasteiger charge is 2.25. The van der Waals surface area contributed by atoms with Crippen LogP contribution in [-0.2, 0) is 19.6 Å². The van der Waals surface area contributed by atoms with E-state index in [-0.39, 0.29) is 0 Å². The van der Waals surface area contributed by atoms with E-state index in [1.165, 1.54) is 235 Å². The van der Waals surface area contributed by atoms with E-state index in [1.807, 2.05) is 0 Å². The van der Waals surface area contributed by atoms with Crippen molar-refractivity contribution in [2.45, 2.75) is 40.4 Å². The molecule has 0 fully saturated rings. The lowest BCUT2D eigenvalue weighted by Gasteiger charge is -2.12. The molecule has 0 unspecified atom stereocenters. The molecule has 0 aliphatic heterocycles. The largest absolute Gasteiger partial charge is 0.341 e. The molecule has 0 bridgehead atoms. The van der Waals surface area contributed by atoms with Gasteiger partial charge in [0.2, 0.25) is 0 Å². The van der Waals surface area contributed by atoms with Gasteiger partial charge in [-0.05, 0) is 221 Å². The number of para-hydroxylation sites is 7. The zero-order valence-corrected chi connectivity index (χ0v) is 76.3. The van der Waals surface area contributed by atoms with Gasteiger partial charge >= 0.3 is 0 Å². The summed E-state index contributed by atoms with van der Waals surface area (Å²) >= 11 is 0. The maximum absolute atomic E-state index is 2.45. The number of hydrogen-bond acceptors (Lipinski definition) is 0. The van der Waals surface area contributed by atoms with Gasteiger partial charge in [0, 0.05) is 150 Å². The molecule has 0 spiro atoms. The first kappa shape index (κ1) is 80.3. The molecule has 137 heavy (non-hydrogen) atoms. The Hall–Kier alpha value is -17.5. The van der Waals surface area contributed by atoms with E-state index in [9.17, 15) is 0 Å². The molecule has 648 valence electrons. The first-order valence-electron chi connectivity index (χ1n) is 47.9. The van der Waals surface area contributed by atoms with Crippen LogP contribution < -0.4 is 0 Å². The Morgan fingerprint density at radius 1 is 0.139 bits per heavy atom. The van der Waals surface area contributed by atoms with Crippen molar-refractivity contribution >= 4 is 232 Å². The smallest absolute Gasteiger partial charge is 0.0549 e. The van der Waals surface area contributed by atoms with Crippen molar-refractivity contribution in [2.24, 2.45) is 0 Å². The molecule has 0 saturated heterocycles. The summed E-state index contributed by atoms with van der Waals surface area (Å²) in [4.78, 5) is 0. The molecular formula is C130H93N7. The Labute approximate surface area is 791 Å². The van der Waals surface area contributed by atoms with E-state index in [2.05, 4.69) is 526 Å². The molecule has 7 heteroatoms. The topological polar surface area (TPSA) is 34.5 Å². The van der Waals surface area contributed by atoms with Crippen molar-refractivity contribution in [1.29, 1.82) is 0 Å². The van der Waals surface area contributed by atoms with Crippen LogP contribution in [0.25, 0.3) is 255 Å². The van der Waals surface area contributed by atoms with Gasteiger partial charge in [-0.1, -0.05) is 328 Å². The minimum absolute atomic E-state index is 0.946. The number of rotatable bonds is 13. The fourth-order valence-corrected chi connectivity index (χ4v) is 22.6. The minimum Gasteiger partial charge on any atom is -0.341 e. The van der Waals surface area contributed by atoms with Crippen molar-refractivity contribution in [2.75, 3.05) is 0 Å². The molecule has 0 saturated carbocycles. The zero-order chi connectivity index (χ0) is 90.9. The Morgan fingerprint density at radius 2 is 0.321 bits per heavy atom. The summed E-state index contributed by atoms with van der Waals surface area (Å²) in [7, 11) is 0. The maximum atomic E-state index is 2.45. The Bertz CT molecular complexity index is 8830. The predicted molar refractivity (Wildman–Crippen MR) is 589 cm³/mol. The summed E-state index contributed by atoms with van der Waals surface area (Å²) in [6, 6.07) is 160. The van der Waals surface area contributed by atoms with Crippen LogP contribution in [0, 0.1) is 0 Å². The summed E-state index contributed by atoms with van der Waals surface area (Å²) in [5.41, 5.74) is 29.4. The van der Waals surface area contributed by atoms with Crippen LogP contribution >= 0.6 is 0 Å². The van der Waals surface area contributed by atoms with Gasteiger partial charge in [0.05, 0.1) is 66.9 Å². The summed E-state index contributed by atoms with van der Waals surface area (Å²) in [6.45, 7) is 9.50. The second-order valence-electron chi connectivity index (χ2n) is 36.2. The lowest BCUT2D eigenvalue weighted by molar-refractivity contribution is 0.827. The first-order valence-corrected chi connectivity index (χ1v) is 47.9. The van der Waals surface area contributed by atoms with Gasteiger partial charge in [-0.2, -0.15) is 0 Å². The second-order valence-corrected chi connectivity index (χ2v) is 36.2. The molecule has 7 nitrogen and oxygen atoms in total. The number of nitrogens with zero attached hydrogens (tertiary/aromatic N) is 7. The molecular weight excluding hydrogens is 1660 g/mol. The molecule has 0 amide bonds. The summed E-state index contributed by atoms with van der Waals surface area (Å²) in [5, 5.41) is 28.0. The van der Waals surface area contributed by atoms with Gasteiger partial charge in [0.15, 0.2) is 0 Å². The third-order valence-corrected chi connectivity index (χ3v) is 28.7.